The number of likely N-dealkylation sites (tertiary alicyclic amines) is 1. The molecule has 1 aromatic heterocycles. The molecular weight excluding hydrogens is 254 g/mol. The maximum absolute atomic E-state index is 9.57. The second-order valence-corrected chi connectivity index (χ2v) is 4.92. The lowest BCUT2D eigenvalue weighted by atomic mass is 10.1. The third-order valence-electron chi connectivity index (χ3n) is 3.37. The van der Waals surface area contributed by atoms with Gasteiger partial charge in [0, 0.05) is 32.6 Å². The predicted molar refractivity (Wildman–Crippen MR) is 79.7 cm³/mol. The summed E-state index contributed by atoms with van der Waals surface area (Å²) in [5, 5.41) is 12.9. The van der Waals surface area contributed by atoms with Crippen molar-refractivity contribution < 1.29 is 9.52 Å². The average molecular weight is 277 g/mol. The molecule has 0 bridgehead atoms. The molecule has 2 heterocycles. The standard InChI is InChI=1S/C15H23N3O2/c1-2-8-16-15(18-10-6-13(19)7-11-18)17-9-5-14-4-3-12-20-14/h2-4,12-13,19H,1,5-11H2,(H,16,17). The van der Waals surface area contributed by atoms with E-state index in [0.29, 0.717) is 13.1 Å². The lowest BCUT2D eigenvalue weighted by molar-refractivity contribution is 0.108. The van der Waals surface area contributed by atoms with Crippen LogP contribution >= 0.6 is 0 Å². The highest BCUT2D eigenvalue weighted by molar-refractivity contribution is 5.80. The molecule has 1 fully saturated rings. The largest absolute Gasteiger partial charge is 0.469 e. The van der Waals surface area contributed by atoms with E-state index >= 15 is 0 Å². The zero-order valence-corrected chi connectivity index (χ0v) is 11.8. The fourth-order valence-corrected chi connectivity index (χ4v) is 2.24. The molecule has 1 saturated heterocycles. The first-order valence-corrected chi connectivity index (χ1v) is 7.14. The molecule has 1 aromatic rings. The van der Waals surface area contributed by atoms with Crippen molar-refractivity contribution in [1.82, 2.24) is 10.2 Å². The summed E-state index contributed by atoms with van der Waals surface area (Å²) >= 11 is 0. The van der Waals surface area contributed by atoms with Gasteiger partial charge in [-0.05, 0) is 25.0 Å². The number of hydrogen-bond acceptors (Lipinski definition) is 3. The minimum absolute atomic E-state index is 0.171. The third-order valence-corrected chi connectivity index (χ3v) is 3.37. The second-order valence-electron chi connectivity index (χ2n) is 4.92. The van der Waals surface area contributed by atoms with Crippen molar-refractivity contribution in [3.8, 4) is 0 Å². The molecule has 20 heavy (non-hydrogen) atoms. The van der Waals surface area contributed by atoms with Crippen LogP contribution in [0.4, 0.5) is 0 Å². The van der Waals surface area contributed by atoms with E-state index < -0.39 is 0 Å². The number of aliphatic hydroxyl groups excluding tert-OH is 1. The topological polar surface area (TPSA) is 61.0 Å². The maximum atomic E-state index is 9.57. The minimum atomic E-state index is -0.171. The summed E-state index contributed by atoms with van der Waals surface area (Å²) in [5.41, 5.74) is 0. The van der Waals surface area contributed by atoms with E-state index in [4.69, 9.17) is 4.42 Å². The Labute approximate surface area is 120 Å². The van der Waals surface area contributed by atoms with Crippen molar-refractivity contribution in [3.63, 3.8) is 0 Å². The normalized spacial score (nSPS) is 17.2. The molecule has 5 heteroatoms. The van der Waals surface area contributed by atoms with Crippen molar-refractivity contribution in [3.05, 3.63) is 36.8 Å². The van der Waals surface area contributed by atoms with Crippen molar-refractivity contribution in [1.29, 1.82) is 0 Å². The first kappa shape index (κ1) is 14.7. The lowest BCUT2D eigenvalue weighted by Crippen LogP contribution is -2.46. The SMILES string of the molecule is C=CCNC(=NCCc1ccco1)N1CCC(O)CC1. The summed E-state index contributed by atoms with van der Waals surface area (Å²) in [6.45, 7) is 6.78. The third kappa shape index (κ3) is 4.42. The Morgan fingerprint density at radius 1 is 1.55 bits per heavy atom. The van der Waals surface area contributed by atoms with E-state index in [0.717, 1.165) is 44.1 Å². The molecule has 0 spiro atoms. The van der Waals surface area contributed by atoms with Gasteiger partial charge in [-0.3, -0.25) is 4.99 Å². The van der Waals surface area contributed by atoms with Gasteiger partial charge in [-0.25, -0.2) is 0 Å². The number of nitrogens with zero attached hydrogens (tertiary/aromatic N) is 2. The number of piperidine rings is 1. The molecule has 0 unspecified atom stereocenters. The van der Waals surface area contributed by atoms with Crippen molar-refractivity contribution in [2.45, 2.75) is 25.4 Å². The molecule has 0 saturated carbocycles. The monoisotopic (exact) mass is 277 g/mol. The van der Waals surface area contributed by atoms with Crippen LogP contribution in [0, 0.1) is 0 Å². The van der Waals surface area contributed by atoms with E-state index in [2.05, 4.69) is 21.8 Å². The van der Waals surface area contributed by atoms with Crippen LogP contribution in [-0.4, -0.2) is 48.2 Å². The number of nitrogens with one attached hydrogen (secondary N) is 1. The Bertz CT molecular complexity index is 420. The van der Waals surface area contributed by atoms with Gasteiger partial charge in [0.2, 0.25) is 0 Å². The summed E-state index contributed by atoms with van der Waals surface area (Å²) in [5.74, 6) is 1.84. The number of guanidine groups is 1. The van der Waals surface area contributed by atoms with Gasteiger partial charge in [-0.1, -0.05) is 6.08 Å². The number of hydrogen-bond donors (Lipinski definition) is 2. The Morgan fingerprint density at radius 2 is 2.35 bits per heavy atom. The van der Waals surface area contributed by atoms with Gasteiger partial charge < -0.3 is 19.7 Å². The van der Waals surface area contributed by atoms with E-state index in [1.807, 2.05) is 18.2 Å². The molecule has 1 aliphatic rings. The molecule has 0 aliphatic carbocycles. The Kier molecular flexibility index (Phi) is 5.68. The lowest BCUT2D eigenvalue weighted by Gasteiger charge is -2.32. The van der Waals surface area contributed by atoms with Crippen LogP contribution in [0.25, 0.3) is 0 Å². The van der Waals surface area contributed by atoms with Crippen LogP contribution in [0.2, 0.25) is 0 Å². The molecule has 1 aliphatic heterocycles. The van der Waals surface area contributed by atoms with Crippen LogP contribution in [-0.2, 0) is 6.42 Å². The van der Waals surface area contributed by atoms with E-state index in [-0.39, 0.29) is 6.10 Å². The molecule has 0 atom stereocenters. The van der Waals surface area contributed by atoms with E-state index in [9.17, 15) is 5.11 Å². The van der Waals surface area contributed by atoms with Gasteiger partial charge in [0.1, 0.15) is 5.76 Å². The number of rotatable bonds is 5. The molecule has 0 aromatic carbocycles. The summed E-state index contributed by atoms with van der Waals surface area (Å²) in [7, 11) is 0. The fraction of sp³-hybridized carbons (Fsp3) is 0.533. The van der Waals surface area contributed by atoms with Gasteiger partial charge in [0.05, 0.1) is 12.4 Å². The Balaban J connectivity index is 1.89. The number of aliphatic hydroxyl groups is 1. The highest BCUT2D eigenvalue weighted by atomic mass is 16.3. The highest BCUT2D eigenvalue weighted by Gasteiger charge is 2.19. The molecule has 0 amide bonds. The van der Waals surface area contributed by atoms with Gasteiger partial charge in [-0.15, -0.1) is 6.58 Å². The molecular formula is C15H23N3O2. The first-order chi connectivity index (χ1) is 9.79. The Hall–Kier alpha value is -1.75. The second kappa shape index (κ2) is 7.75. The van der Waals surface area contributed by atoms with Gasteiger partial charge >= 0.3 is 0 Å². The Morgan fingerprint density at radius 3 is 3.00 bits per heavy atom. The molecule has 2 N–H and O–H groups in total. The number of furan rings is 1. The summed E-state index contributed by atoms with van der Waals surface area (Å²) in [4.78, 5) is 6.82. The van der Waals surface area contributed by atoms with Crippen LogP contribution in [0.15, 0.2) is 40.5 Å². The predicted octanol–water partition coefficient (Wildman–Crippen LogP) is 1.41. The molecule has 0 radical (unpaired) electrons. The van der Waals surface area contributed by atoms with E-state index in [1.54, 1.807) is 6.26 Å². The zero-order valence-electron chi connectivity index (χ0n) is 11.8. The summed E-state index contributed by atoms with van der Waals surface area (Å²) in [6, 6.07) is 3.85. The van der Waals surface area contributed by atoms with Crippen LogP contribution in [0.1, 0.15) is 18.6 Å². The summed E-state index contributed by atoms with van der Waals surface area (Å²) < 4.78 is 5.30. The van der Waals surface area contributed by atoms with Gasteiger partial charge in [0.15, 0.2) is 5.96 Å². The summed E-state index contributed by atoms with van der Waals surface area (Å²) in [6.07, 6.45) is 5.72. The quantitative estimate of drug-likeness (QED) is 0.485. The maximum Gasteiger partial charge on any atom is 0.194 e. The van der Waals surface area contributed by atoms with Gasteiger partial charge in [-0.2, -0.15) is 0 Å². The highest BCUT2D eigenvalue weighted by Crippen LogP contribution is 2.10. The van der Waals surface area contributed by atoms with E-state index in [1.165, 1.54) is 0 Å². The first-order valence-electron chi connectivity index (χ1n) is 7.14. The average Bonchev–Trinajstić information content (AvgIpc) is 2.97. The van der Waals surface area contributed by atoms with Crippen LogP contribution in [0.3, 0.4) is 0 Å². The van der Waals surface area contributed by atoms with Crippen LogP contribution in [0.5, 0.6) is 0 Å². The molecule has 110 valence electrons. The molecule has 5 nitrogen and oxygen atoms in total. The minimum Gasteiger partial charge on any atom is -0.469 e. The molecule has 2 rings (SSSR count). The number of aliphatic imine (C=N–C) groups is 1. The smallest absolute Gasteiger partial charge is 0.194 e. The van der Waals surface area contributed by atoms with Crippen molar-refractivity contribution in [2.75, 3.05) is 26.2 Å². The van der Waals surface area contributed by atoms with Crippen molar-refractivity contribution in [2.24, 2.45) is 4.99 Å². The van der Waals surface area contributed by atoms with Crippen molar-refractivity contribution >= 4 is 5.96 Å². The fourth-order valence-electron chi connectivity index (χ4n) is 2.24. The van der Waals surface area contributed by atoms with Gasteiger partial charge in [0.25, 0.3) is 0 Å². The van der Waals surface area contributed by atoms with Crippen LogP contribution < -0.4 is 5.32 Å². The zero-order chi connectivity index (χ0) is 14.2.